The average Bonchev–Trinajstić information content (AvgIpc) is 2.89. The molecule has 2 atom stereocenters. The number of carbonyl (C=O) groups is 2. The summed E-state index contributed by atoms with van der Waals surface area (Å²) in [5.41, 5.74) is -0.828. The van der Waals surface area contributed by atoms with E-state index < -0.39 is 5.41 Å². The highest BCUT2D eigenvalue weighted by atomic mass is 16.2. The number of fused-ring (bicyclic) bond motifs is 1. The van der Waals surface area contributed by atoms with Crippen molar-refractivity contribution >= 4 is 11.8 Å². The van der Waals surface area contributed by atoms with Crippen molar-refractivity contribution in [2.45, 2.75) is 51.0 Å². The molecule has 2 saturated heterocycles. The van der Waals surface area contributed by atoms with Crippen LogP contribution >= 0.6 is 0 Å². The lowest BCUT2D eigenvalue weighted by Crippen LogP contribution is -2.54. The molecule has 3 aliphatic rings. The molecule has 0 spiro atoms. The molecule has 2 unspecified atom stereocenters. The van der Waals surface area contributed by atoms with Gasteiger partial charge in [0.05, 0.1) is 18.0 Å². The van der Waals surface area contributed by atoms with Crippen molar-refractivity contribution in [3.63, 3.8) is 0 Å². The molecule has 0 aromatic heterocycles. The second kappa shape index (κ2) is 5.08. The number of piperidine rings is 1. The first-order valence-corrected chi connectivity index (χ1v) is 7.68. The molecule has 0 aromatic carbocycles. The molecule has 0 bridgehead atoms. The summed E-state index contributed by atoms with van der Waals surface area (Å²) < 4.78 is 0. The maximum atomic E-state index is 12.9. The number of hydrogen-bond donors (Lipinski definition) is 1. The van der Waals surface area contributed by atoms with Gasteiger partial charge >= 0.3 is 0 Å². The van der Waals surface area contributed by atoms with Gasteiger partial charge in [0.15, 0.2) is 0 Å². The van der Waals surface area contributed by atoms with Gasteiger partial charge in [-0.05, 0) is 25.7 Å². The number of nitrogens with one attached hydrogen (secondary N) is 1. The second-order valence-electron chi connectivity index (χ2n) is 6.31. The van der Waals surface area contributed by atoms with E-state index in [9.17, 15) is 14.9 Å². The topological polar surface area (TPSA) is 73.2 Å². The molecule has 5 nitrogen and oxygen atoms in total. The SMILES string of the molecule is N#CC1(C(=O)N2CCCC3C(=O)NCC32)CCCCC1. The number of nitrogens with zero attached hydrogens (tertiary/aromatic N) is 2. The van der Waals surface area contributed by atoms with Gasteiger partial charge in [-0.25, -0.2) is 0 Å². The van der Waals surface area contributed by atoms with E-state index in [0.29, 0.717) is 25.9 Å². The molecule has 20 heavy (non-hydrogen) atoms. The molecule has 5 heteroatoms. The molecular formula is C15H21N3O2. The predicted molar refractivity (Wildman–Crippen MR) is 72.4 cm³/mol. The van der Waals surface area contributed by atoms with E-state index in [1.54, 1.807) is 0 Å². The largest absolute Gasteiger partial charge is 0.354 e. The Bertz CT molecular complexity index is 462. The summed E-state index contributed by atoms with van der Waals surface area (Å²) in [5.74, 6) is -0.0138. The maximum Gasteiger partial charge on any atom is 0.243 e. The van der Waals surface area contributed by atoms with Crippen LogP contribution in [0.25, 0.3) is 0 Å². The Morgan fingerprint density at radius 1 is 1.30 bits per heavy atom. The van der Waals surface area contributed by atoms with Gasteiger partial charge in [-0.2, -0.15) is 5.26 Å². The van der Waals surface area contributed by atoms with Gasteiger partial charge in [0, 0.05) is 13.1 Å². The fourth-order valence-corrected chi connectivity index (χ4v) is 4.01. The first kappa shape index (κ1) is 13.4. The van der Waals surface area contributed by atoms with Crippen LogP contribution < -0.4 is 5.32 Å². The summed E-state index contributed by atoms with van der Waals surface area (Å²) in [7, 11) is 0. The Labute approximate surface area is 119 Å². The van der Waals surface area contributed by atoms with Crippen molar-refractivity contribution in [2.24, 2.45) is 11.3 Å². The number of likely N-dealkylation sites (tertiary alicyclic amines) is 1. The summed E-state index contributed by atoms with van der Waals surface area (Å²) in [6.07, 6.45) is 6.11. The summed E-state index contributed by atoms with van der Waals surface area (Å²) >= 11 is 0. The highest BCUT2D eigenvalue weighted by Gasteiger charge is 2.49. The average molecular weight is 275 g/mol. The lowest BCUT2D eigenvalue weighted by atomic mass is 9.73. The van der Waals surface area contributed by atoms with Crippen molar-refractivity contribution in [2.75, 3.05) is 13.1 Å². The Morgan fingerprint density at radius 3 is 2.75 bits per heavy atom. The quantitative estimate of drug-likeness (QED) is 0.781. The number of nitriles is 1. The molecule has 2 amide bonds. The zero-order chi connectivity index (χ0) is 14.2. The lowest BCUT2D eigenvalue weighted by Gasteiger charge is -2.41. The fraction of sp³-hybridized carbons (Fsp3) is 0.800. The molecule has 3 fully saturated rings. The molecule has 0 aromatic rings. The van der Waals surface area contributed by atoms with Crippen molar-refractivity contribution in [1.82, 2.24) is 10.2 Å². The minimum absolute atomic E-state index is 0.0223. The zero-order valence-electron chi connectivity index (χ0n) is 11.7. The van der Waals surface area contributed by atoms with E-state index in [-0.39, 0.29) is 23.8 Å². The third kappa shape index (κ3) is 1.98. The third-order valence-electron chi connectivity index (χ3n) is 5.19. The van der Waals surface area contributed by atoms with E-state index in [1.807, 2.05) is 4.90 Å². The molecule has 1 N–H and O–H groups in total. The molecule has 3 rings (SSSR count). The summed E-state index contributed by atoms with van der Waals surface area (Å²) in [4.78, 5) is 26.5. The van der Waals surface area contributed by atoms with E-state index in [1.165, 1.54) is 0 Å². The fourth-order valence-electron chi connectivity index (χ4n) is 4.01. The van der Waals surface area contributed by atoms with E-state index in [2.05, 4.69) is 11.4 Å². The van der Waals surface area contributed by atoms with Crippen molar-refractivity contribution in [1.29, 1.82) is 5.26 Å². The third-order valence-corrected chi connectivity index (χ3v) is 5.19. The smallest absolute Gasteiger partial charge is 0.243 e. The van der Waals surface area contributed by atoms with Crippen LogP contribution in [0.2, 0.25) is 0 Å². The van der Waals surface area contributed by atoms with Gasteiger partial charge in [0.1, 0.15) is 5.41 Å². The van der Waals surface area contributed by atoms with Gasteiger partial charge in [-0.3, -0.25) is 9.59 Å². The van der Waals surface area contributed by atoms with Gasteiger partial charge in [0.2, 0.25) is 11.8 Å². The molecule has 0 radical (unpaired) electrons. The minimum atomic E-state index is -0.828. The van der Waals surface area contributed by atoms with E-state index in [0.717, 1.165) is 32.1 Å². The number of rotatable bonds is 1. The Morgan fingerprint density at radius 2 is 2.05 bits per heavy atom. The Balaban J connectivity index is 1.82. The Kier molecular flexibility index (Phi) is 3.41. The summed E-state index contributed by atoms with van der Waals surface area (Å²) in [6, 6.07) is 2.28. The first-order valence-electron chi connectivity index (χ1n) is 7.68. The maximum absolute atomic E-state index is 12.9. The highest BCUT2D eigenvalue weighted by molar-refractivity contribution is 5.88. The summed E-state index contributed by atoms with van der Waals surface area (Å²) in [5, 5.41) is 12.4. The standard InChI is InChI=1S/C15H21N3O2/c16-10-15(6-2-1-3-7-15)14(20)18-8-4-5-11-12(18)9-17-13(11)19/h11-12H,1-9H2,(H,17,19). The van der Waals surface area contributed by atoms with Crippen LogP contribution in [0.3, 0.4) is 0 Å². The monoisotopic (exact) mass is 275 g/mol. The van der Waals surface area contributed by atoms with Crippen molar-refractivity contribution < 1.29 is 9.59 Å². The molecular weight excluding hydrogens is 254 g/mol. The molecule has 108 valence electrons. The van der Waals surface area contributed by atoms with Gasteiger partial charge < -0.3 is 10.2 Å². The predicted octanol–water partition coefficient (Wildman–Crippen LogP) is 1.20. The summed E-state index contributed by atoms with van der Waals surface area (Å²) in [6.45, 7) is 1.25. The van der Waals surface area contributed by atoms with Gasteiger partial charge in [-0.1, -0.05) is 19.3 Å². The van der Waals surface area contributed by atoms with Crippen LogP contribution in [0.5, 0.6) is 0 Å². The van der Waals surface area contributed by atoms with Crippen LogP contribution in [0, 0.1) is 22.7 Å². The van der Waals surface area contributed by atoms with Crippen LogP contribution in [0.4, 0.5) is 0 Å². The van der Waals surface area contributed by atoms with Crippen LogP contribution in [-0.2, 0) is 9.59 Å². The van der Waals surface area contributed by atoms with Gasteiger partial charge in [-0.15, -0.1) is 0 Å². The Hall–Kier alpha value is -1.57. The van der Waals surface area contributed by atoms with Crippen LogP contribution in [-0.4, -0.2) is 35.8 Å². The zero-order valence-corrected chi connectivity index (χ0v) is 11.7. The number of amides is 2. The lowest BCUT2D eigenvalue weighted by molar-refractivity contribution is -0.145. The van der Waals surface area contributed by atoms with Crippen LogP contribution in [0.1, 0.15) is 44.9 Å². The molecule has 1 aliphatic carbocycles. The van der Waals surface area contributed by atoms with Crippen LogP contribution in [0.15, 0.2) is 0 Å². The van der Waals surface area contributed by atoms with Crippen molar-refractivity contribution in [3.8, 4) is 6.07 Å². The number of hydrogen-bond acceptors (Lipinski definition) is 3. The highest BCUT2D eigenvalue weighted by Crippen LogP contribution is 2.40. The molecule has 2 aliphatic heterocycles. The first-order chi connectivity index (χ1) is 9.68. The normalized spacial score (nSPS) is 32.1. The molecule has 2 heterocycles. The van der Waals surface area contributed by atoms with Crippen molar-refractivity contribution in [3.05, 3.63) is 0 Å². The number of carbonyl (C=O) groups excluding carboxylic acids is 2. The second-order valence-corrected chi connectivity index (χ2v) is 6.31. The molecule has 1 saturated carbocycles. The van der Waals surface area contributed by atoms with Gasteiger partial charge in [0.25, 0.3) is 0 Å². The van der Waals surface area contributed by atoms with E-state index >= 15 is 0 Å². The minimum Gasteiger partial charge on any atom is -0.354 e. The van der Waals surface area contributed by atoms with E-state index in [4.69, 9.17) is 0 Å².